The second kappa shape index (κ2) is 5.26. The Morgan fingerprint density at radius 2 is 1.86 bits per heavy atom. The van der Waals surface area contributed by atoms with Gasteiger partial charge in [0, 0.05) is 0 Å². The number of nitrogens with zero attached hydrogens (tertiary/aromatic N) is 4. The molecule has 0 aliphatic rings. The van der Waals surface area contributed by atoms with E-state index in [0.717, 1.165) is 0 Å². The Bertz CT molecular complexity index is 690. The summed E-state index contributed by atoms with van der Waals surface area (Å²) in [4.78, 5) is 16.9. The molecule has 0 bridgehead atoms. The summed E-state index contributed by atoms with van der Waals surface area (Å²) in [5, 5.41) is 15.2. The van der Waals surface area contributed by atoms with Crippen LogP contribution in [0, 0.1) is 0 Å². The van der Waals surface area contributed by atoms with Gasteiger partial charge in [-0.2, -0.15) is 5.10 Å². The fourth-order valence-corrected chi connectivity index (χ4v) is 2.34. The predicted molar refractivity (Wildman–Crippen MR) is 82.3 cm³/mol. The van der Waals surface area contributed by atoms with E-state index in [2.05, 4.69) is 10.1 Å². The lowest BCUT2D eigenvalue weighted by atomic mass is 9.97. The SMILES string of the molecule is CCC(O)(CC)Cn1cnc2c(cnn2C(C)(C)C)c1=O. The predicted octanol–water partition coefficient (Wildman–Crippen LogP) is 1.90. The second-order valence-electron chi connectivity index (χ2n) is 6.57. The first kappa shape index (κ1) is 15.7. The fourth-order valence-electron chi connectivity index (χ4n) is 2.34. The Hall–Kier alpha value is -1.69. The topological polar surface area (TPSA) is 72.9 Å². The summed E-state index contributed by atoms with van der Waals surface area (Å²) in [5.41, 5.74) is -0.684. The van der Waals surface area contributed by atoms with Gasteiger partial charge in [0.05, 0.1) is 23.9 Å². The molecule has 0 radical (unpaired) electrons. The average molecular weight is 292 g/mol. The highest BCUT2D eigenvalue weighted by Gasteiger charge is 2.25. The Balaban J connectivity index is 2.52. The zero-order valence-electron chi connectivity index (χ0n) is 13.4. The van der Waals surface area contributed by atoms with Gasteiger partial charge in [-0.25, -0.2) is 9.67 Å². The van der Waals surface area contributed by atoms with Gasteiger partial charge >= 0.3 is 0 Å². The fraction of sp³-hybridized carbons (Fsp3) is 0.667. The largest absolute Gasteiger partial charge is 0.388 e. The molecule has 21 heavy (non-hydrogen) atoms. The molecule has 0 saturated carbocycles. The lowest BCUT2D eigenvalue weighted by Crippen LogP contribution is -2.37. The van der Waals surface area contributed by atoms with Gasteiger partial charge in [0.1, 0.15) is 11.7 Å². The summed E-state index contributed by atoms with van der Waals surface area (Å²) in [6.07, 6.45) is 4.25. The van der Waals surface area contributed by atoms with Gasteiger partial charge in [-0.3, -0.25) is 9.36 Å². The third-order valence-electron chi connectivity index (χ3n) is 3.97. The molecule has 1 N–H and O–H groups in total. The van der Waals surface area contributed by atoms with E-state index in [0.29, 0.717) is 23.9 Å². The Kier molecular flexibility index (Phi) is 3.93. The number of aliphatic hydroxyl groups is 1. The monoisotopic (exact) mass is 292 g/mol. The summed E-state index contributed by atoms with van der Waals surface area (Å²) in [7, 11) is 0. The van der Waals surface area contributed by atoms with E-state index in [9.17, 15) is 9.90 Å². The van der Waals surface area contributed by atoms with Crippen LogP contribution in [0.3, 0.4) is 0 Å². The van der Waals surface area contributed by atoms with Crippen LogP contribution in [0.15, 0.2) is 17.3 Å². The molecule has 2 heterocycles. The zero-order chi connectivity index (χ0) is 15.8. The molecule has 2 aromatic rings. The van der Waals surface area contributed by atoms with E-state index in [4.69, 9.17) is 0 Å². The molecule has 0 aliphatic heterocycles. The molecule has 0 spiro atoms. The van der Waals surface area contributed by atoms with Gasteiger partial charge in [-0.15, -0.1) is 0 Å². The van der Waals surface area contributed by atoms with Crippen LogP contribution in [0.5, 0.6) is 0 Å². The Morgan fingerprint density at radius 1 is 1.24 bits per heavy atom. The van der Waals surface area contributed by atoms with Crippen LogP contribution in [0.1, 0.15) is 47.5 Å². The third kappa shape index (κ3) is 2.85. The maximum atomic E-state index is 12.5. The highest BCUT2D eigenvalue weighted by molar-refractivity contribution is 5.73. The van der Waals surface area contributed by atoms with Gasteiger partial charge in [0.2, 0.25) is 0 Å². The third-order valence-corrected chi connectivity index (χ3v) is 3.97. The minimum Gasteiger partial charge on any atom is -0.388 e. The summed E-state index contributed by atoms with van der Waals surface area (Å²) >= 11 is 0. The maximum Gasteiger partial charge on any atom is 0.264 e. The maximum absolute atomic E-state index is 12.5. The zero-order valence-corrected chi connectivity index (χ0v) is 13.4. The molecule has 0 atom stereocenters. The number of hydrogen-bond donors (Lipinski definition) is 1. The molecule has 0 aliphatic carbocycles. The second-order valence-corrected chi connectivity index (χ2v) is 6.57. The van der Waals surface area contributed by atoms with Crippen molar-refractivity contribution < 1.29 is 5.11 Å². The summed E-state index contributed by atoms with van der Waals surface area (Å²) in [5.74, 6) is 0. The molecule has 0 fully saturated rings. The van der Waals surface area contributed by atoms with E-state index in [-0.39, 0.29) is 17.6 Å². The van der Waals surface area contributed by atoms with Crippen molar-refractivity contribution in [1.29, 1.82) is 0 Å². The number of hydrogen-bond acceptors (Lipinski definition) is 4. The summed E-state index contributed by atoms with van der Waals surface area (Å²) in [6.45, 7) is 10.1. The van der Waals surface area contributed by atoms with Crippen molar-refractivity contribution in [2.24, 2.45) is 0 Å². The quantitative estimate of drug-likeness (QED) is 0.934. The highest BCUT2D eigenvalue weighted by Crippen LogP contribution is 2.19. The normalized spacial score (nSPS) is 13.0. The summed E-state index contributed by atoms with van der Waals surface area (Å²) < 4.78 is 3.23. The molecule has 116 valence electrons. The lowest BCUT2D eigenvalue weighted by Gasteiger charge is -2.25. The van der Waals surface area contributed by atoms with Crippen LogP contribution in [0.25, 0.3) is 11.0 Å². The molecule has 0 unspecified atom stereocenters. The van der Waals surface area contributed by atoms with Gasteiger partial charge in [-0.05, 0) is 33.6 Å². The first-order valence-corrected chi connectivity index (χ1v) is 7.38. The Labute approximate surface area is 124 Å². The molecule has 6 nitrogen and oxygen atoms in total. The van der Waals surface area contributed by atoms with E-state index < -0.39 is 5.60 Å². The van der Waals surface area contributed by atoms with Gasteiger partial charge < -0.3 is 5.11 Å². The van der Waals surface area contributed by atoms with E-state index in [1.54, 1.807) is 10.9 Å². The van der Waals surface area contributed by atoms with Crippen LogP contribution in [-0.2, 0) is 12.1 Å². The lowest BCUT2D eigenvalue weighted by molar-refractivity contribution is 0.0140. The van der Waals surface area contributed by atoms with Gasteiger partial charge in [0.25, 0.3) is 5.56 Å². The van der Waals surface area contributed by atoms with Crippen LogP contribution in [0.4, 0.5) is 0 Å². The molecule has 6 heteroatoms. The average Bonchev–Trinajstić information content (AvgIpc) is 2.86. The highest BCUT2D eigenvalue weighted by atomic mass is 16.3. The minimum atomic E-state index is -0.876. The molecular formula is C15H24N4O2. The standard InChI is InChI=1S/C15H24N4O2/c1-6-15(21,7-2)9-18-10-16-12-11(13(18)20)8-17-19(12)14(3,4)5/h8,10,21H,6-7,9H2,1-5H3. The number of aromatic nitrogens is 4. The van der Waals surface area contributed by atoms with Crippen molar-refractivity contribution in [1.82, 2.24) is 19.3 Å². The molecule has 0 aromatic carbocycles. The summed E-state index contributed by atoms with van der Waals surface area (Å²) in [6, 6.07) is 0. The van der Waals surface area contributed by atoms with E-state index in [1.807, 2.05) is 34.6 Å². The van der Waals surface area contributed by atoms with Crippen molar-refractivity contribution in [3.63, 3.8) is 0 Å². The van der Waals surface area contributed by atoms with E-state index in [1.165, 1.54) is 10.9 Å². The van der Waals surface area contributed by atoms with Crippen LogP contribution >= 0.6 is 0 Å². The van der Waals surface area contributed by atoms with Crippen molar-refractivity contribution in [3.8, 4) is 0 Å². The molecular weight excluding hydrogens is 268 g/mol. The molecule has 2 rings (SSSR count). The number of rotatable bonds is 4. The molecule has 0 amide bonds. The first-order valence-electron chi connectivity index (χ1n) is 7.38. The minimum absolute atomic E-state index is 0.157. The van der Waals surface area contributed by atoms with Crippen molar-refractivity contribution >= 4 is 11.0 Å². The Morgan fingerprint density at radius 3 is 2.38 bits per heavy atom. The van der Waals surface area contributed by atoms with Crippen LogP contribution in [-0.4, -0.2) is 30.0 Å². The van der Waals surface area contributed by atoms with Crippen molar-refractivity contribution in [3.05, 3.63) is 22.9 Å². The van der Waals surface area contributed by atoms with Crippen LogP contribution in [0.2, 0.25) is 0 Å². The first-order chi connectivity index (χ1) is 9.72. The van der Waals surface area contributed by atoms with Gasteiger partial charge in [0.15, 0.2) is 5.65 Å². The smallest absolute Gasteiger partial charge is 0.264 e. The van der Waals surface area contributed by atoms with Crippen molar-refractivity contribution in [2.75, 3.05) is 0 Å². The van der Waals surface area contributed by atoms with Crippen molar-refractivity contribution in [2.45, 2.75) is 65.1 Å². The molecule has 0 saturated heterocycles. The van der Waals surface area contributed by atoms with Gasteiger partial charge in [-0.1, -0.05) is 13.8 Å². The van der Waals surface area contributed by atoms with E-state index >= 15 is 0 Å². The molecule has 2 aromatic heterocycles. The number of fused-ring (bicyclic) bond motifs is 1. The van der Waals surface area contributed by atoms with Crippen LogP contribution < -0.4 is 5.56 Å².